The summed E-state index contributed by atoms with van der Waals surface area (Å²) >= 11 is 0. The Hall–Kier alpha value is -1.12. The van der Waals surface area contributed by atoms with Gasteiger partial charge in [0.25, 0.3) is 0 Å². The number of hydrogen-bond acceptors (Lipinski definition) is 2. The molecular formula is C13H20N2O. The number of imidazole rings is 1. The lowest BCUT2D eigenvalue weighted by Gasteiger charge is -2.14. The lowest BCUT2D eigenvalue weighted by molar-refractivity contribution is 0.0881. The summed E-state index contributed by atoms with van der Waals surface area (Å²) in [5.74, 6) is 1.65. The molecule has 2 unspecified atom stereocenters. The molecule has 1 heterocycles. The first kappa shape index (κ1) is 11.4. The van der Waals surface area contributed by atoms with Gasteiger partial charge in [-0.15, -0.1) is 0 Å². The van der Waals surface area contributed by atoms with E-state index in [0.29, 0.717) is 11.7 Å². The molecule has 1 aromatic heterocycles. The molecule has 0 radical (unpaired) electrons. The normalized spacial score (nSPS) is 24.9. The van der Waals surface area contributed by atoms with Crippen molar-refractivity contribution >= 4 is 5.78 Å². The molecule has 0 spiro atoms. The average Bonchev–Trinajstić information content (AvgIpc) is 2.87. The van der Waals surface area contributed by atoms with E-state index in [9.17, 15) is 4.79 Å². The second-order valence-electron chi connectivity index (χ2n) is 4.82. The van der Waals surface area contributed by atoms with E-state index in [1.54, 1.807) is 6.20 Å². The Morgan fingerprint density at radius 3 is 3.00 bits per heavy atom. The summed E-state index contributed by atoms with van der Waals surface area (Å²) in [6, 6.07) is 0. The van der Waals surface area contributed by atoms with Crippen LogP contribution < -0.4 is 0 Å². The van der Waals surface area contributed by atoms with Gasteiger partial charge in [0.05, 0.1) is 0 Å². The molecule has 1 aromatic rings. The van der Waals surface area contributed by atoms with Crippen molar-refractivity contribution in [1.29, 1.82) is 0 Å². The maximum atomic E-state index is 12.3. The molecule has 0 aliphatic heterocycles. The van der Waals surface area contributed by atoms with Crippen molar-refractivity contribution in [3.8, 4) is 0 Å². The molecule has 1 saturated carbocycles. The summed E-state index contributed by atoms with van der Waals surface area (Å²) in [5, 5.41) is 0. The van der Waals surface area contributed by atoms with Gasteiger partial charge in [0.1, 0.15) is 0 Å². The van der Waals surface area contributed by atoms with Crippen molar-refractivity contribution in [2.45, 2.75) is 46.1 Å². The highest BCUT2D eigenvalue weighted by Crippen LogP contribution is 2.33. The minimum Gasteiger partial charge on any atom is -0.329 e. The van der Waals surface area contributed by atoms with Gasteiger partial charge in [0.2, 0.25) is 5.78 Å². The zero-order chi connectivity index (χ0) is 11.5. The third-order valence-corrected chi connectivity index (χ3v) is 3.60. The van der Waals surface area contributed by atoms with Gasteiger partial charge < -0.3 is 4.57 Å². The number of carbonyl (C=O) groups excluding carboxylic acids is 1. The quantitative estimate of drug-likeness (QED) is 0.731. The van der Waals surface area contributed by atoms with E-state index >= 15 is 0 Å². The molecule has 0 saturated heterocycles. The van der Waals surface area contributed by atoms with Gasteiger partial charge in [-0.2, -0.15) is 0 Å². The van der Waals surface area contributed by atoms with Gasteiger partial charge >= 0.3 is 0 Å². The molecule has 3 heteroatoms. The summed E-state index contributed by atoms with van der Waals surface area (Å²) < 4.78 is 1.99. The first-order chi connectivity index (χ1) is 7.74. The smallest absolute Gasteiger partial charge is 0.201 e. The van der Waals surface area contributed by atoms with E-state index in [1.807, 2.05) is 10.8 Å². The number of aryl methyl sites for hydroxylation is 1. The zero-order valence-corrected chi connectivity index (χ0v) is 10.1. The third kappa shape index (κ3) is 2.04. The van der Waals surface area contributed by atoms with Crippen molar-refractivity contribution in [2.24, 2.45) is 11.8 Å². The largest absolute Gasteiger partial charge is 0.329 e. The first-order valence-corrected chi connectivity index (χ1v) is 6.29. The molecule has 0 amide bonds. The van der Waals surface area contributed by atoms with E-state index in [2.05, 4.69) is 18.8 Å². The van der Waals surface area contributed by atoms with Gasteiger partial charge in [-0.3, -0.25) is 4.79 Å². The lowest BCUT2D eigenvalue weighted by Crippen LogP contribution is -2.21. The second-order valence-corrected chi connectivity index (χ2v) is 4.82. The topological polar surface area (TPSA) is 34.9 Å². The standard InChI is InChI=1S/C13H20N2O/c1-3-8-15-9-7-14-13(15)12(16)11-6-4-5-10(11)2/h7,9-11H,3-6,8H2,1-2H3. The van der Waals surface area contributed by atoms with Gasteiger partial charge in [-0.05, 0) is 25.2 Å². The van der Waals surface area contributed by atoms with Gasteiger partial charge in [0, 0.05) is 24.9 Å². The highest BCUT2D eigenvalue weighted by Gasteiger charge is 2.32. The van der Waals surface area contributed by atoms with Gasteiger partial charge in [-0.25, -0.2) is 4.98 Å². The second kappa shape index (κ2) is 4.81. The molecule has 2 atom stereocenters. The number of rotatable bonds is 4. The number of nitrogens with zero attached hydrogens (tertiary/aromatic N) is 2. The van der Waals surface area contributed by atoms with Crippen LogP contribution in [0.1, 0.15) is 50.1 Å². The maximum Gasteiger partial charge on any atom is 0.201 e. The van der Waals surface area contributed by atoms with E-state index in [4.69, 9.17) is 0 Å². The summed E-state index contributed by atoms with van der Waals surface area (Å²) in [5.41, 5.74) is 0. The fourth-order valence-electron chi connectivity index (χ4n) is 2.66. The Bertz CT molecular complexity index is 370. The Morgan fingerprint density at radius 2 is 2.38 bits per heavy atom. The van der Waals surface area contributed by atoms with Crippen LogP contribution in [0.2, 0.25) is 0 Å². The third-order valence-electron chi connectivity index (χ3n) is 3.60. The first-order valence-electron chi connectivity index (χ1n) is 6.29. The molecule has 0 bridgehead atoms. The average molecular weight is 220 g/mol. The molecule has 2 rings (SSSR count). The van der Waals surface area contributed by atoms with Crippen LogP contribution in [0.4, 0.5) is 0 Å². The fraction of sp³-hybridized carbons (Fsp3) is 0.692. The van der Waals surface area contributed by atoms with Crippen LogP contribution >= 0.6 is 0 Å². The fourth-order valence-corrected chi connectivity index (χ4v) is 2.66. The monoisotopic (exact) mass is 220 g/mol. The van der Waals surface area contributed by atoms with Crippen LogP contribution in [0, 0.1) is 11.8 Å². The SMILES string of the molecule is CCCn1ccnc1C(=O)C1CCCC1C. The van der Waals surface area contributed by atoms with Crippen LogP contribution in [-0.4, -0.2) is 15.3 Å². The molecular weight excluding hydrogens is 200 g/mol. The number of Topliss-reactive ketones (excluding diaryl/α,β-unsaturated/α-hetero) is 1. The van der Waals surface area contributed by atoms with Crippen LogP contribution in [0.5, 0.6) is 0 Å². The molecule has 0 aromatic carbocycles. The van der Waals surface area contributed by atoms with E-state index in [0.717, 1.165) is 19.4 Å². The molecule has 1 aliphatic carbocycles. The van der Waals surface area contributed by atoms with Crippen molar-refractivity contribution in [3.63, 3.8) is 0 Å². The van der Waals surface area contributed by atoms with Crippen LogP contribution in [0.15, 0.2) is 12.4 Å². The maximum absolute atomic E-state index is 12.3. The minimum absolute atomic E-state index is 0.206. The number of carbonyl (C=O) groups is 1. The Kier molecular flexibility index (Phi) is 3.42. The predicted octanol–water partition coefficient (Wildman–Crippen LogP) is 2.91. The number of hydrogen-bond donors (Lipinski definition) is 0. The Morgan fingerprint density at radius 1 is 1.56 bits per heavy atom. The summed E-state index contributed by atoms with van der Waals surface area (Å²) in [4.78, 5) is 16.6. The molecule has 1 aliphatic rings. The van der Waals surface area contributed by atoms with E-state index in [1.165, 1.54) is 12.8 Å². The van der Waals surface area contributed by atoms with Crippen molar-refractivity contribution in [2.75, 3.05) is 0 Å². The Balaban J connectivity index is 2.16. The van der Waals surface area contributed by atoms with Crippen LogP contribution in [-0.2, 0) is 6.54 Å². The van der Waals surface area contributed by atoms with E-state index < -0.39 is 0 Å². The molecule has 0 N–H and O–H groups in total. The number of ketones is 1. The van der Waals surface area contributed by atoms with Crippen LogP contribution in [0.25, 0.3) is 0 Å². The number of aromatic nitrogens is 2. The summed E-state index contributed by atoms with van der Waals surface area (Å²) in [6.45, 7) is 5.19. The molecule has 88 valence electrons. The van der Waals surface area contributed by atoms with Crippen molar-refractivity contribution < 1.29 is 4.79 Å². The van der Waals surface area contributed by atoms with Gasteiger partial charge in [0.15, 0.2) is 5.82 Å². The highest BCUT2D eigenvalue weighted by molar-refractivity contribution is 5.95. The zero-order valence-electron chi connectivity index (χ0n) is 10.1. The minimum atomic E-state index is 0.206. The molecule has 16 heavy (non-hydrogen) atoms. The van der Waals surface area contributed by atoms with Crippen molar-refractivity contribution in [1.82, 2.24) is 9.55 Å². The van der Waals surface area contributed by atoms with Crippen molar-refractivity contribution in [3.05, 3.63) is 18.2 Å². The summed E-state index contributed by atoms with van der Waals surface area (Å²) in [7, 11) is 0. The Labute approximate surface area is 96.9 Å². The lowest BCUT2D eigenvalue weighted by atomic mass is 9.93. The van der Waals surface area contributed by atoms with Gasteiger partial charge in [-0.1, -0.05) is 20.3 Å². The van der Waals surface area contributed by atoms with E-state index in [-0.39, 0.29) is 11.7 Å². The summed E-state index contributed by atoms with van der Waals surface area (Å²) in [6.07, 6.45) is 8.10. The van der Waals surface area contributed by atoms with Crippen LogP contribution in [0.3, 0.4) is 0 Å². The predicted molar refractivity (Wildman–Crippen MR) is 63.4 cm³/mol. The highest BCUT2D eigenvalue weighted by atomic mass is 16.1. The molecule has 3 nitrogen and oxygen atoms in total. The molecule has 1 fully saturated rings.